The van der Waals surface area contributed by atoms with Crippen molar-refractivity contribution in [3.05, 3.63) is 46.6 Å². The van der Waals surface area contributed by atoms with E-state index in [0.29, 0.717) is 29.0 Å². The molecule has 0 saturated carbocycles. The number of hydrogen-bond acceptors (Lipinski definition) is 3. The van der Waals surface area contributed by atoms with Crippen LogP contribution in [0, 0.1) is 12.7 Å². The first-order valence-electron chi connectivity index (χ1n) is 7.13. The van der Waals surface area contributed by atoms with Crippen LogP contribution in [0.4, 0.5) is 15.9 Å². The lowest BCUT2D eigenvalue weighted by atomic mass is 10.2. The quantitative estimate of drug-likeness (QED) is 0.750. The maximum atomic E-state index is 14.1. The fraction of sp³-hybridized carbons (Fsp3) is 0.375. The highest BCUT2D eigenvalue weighted by molar-refractivity contribution is 6.30. The molecule has 112 valence electrons. The molecule has 0 saturated heterocycles. The maximum Gasteiger partial charge on any atom is 0.146 e. The maximum absolute atomic E-state index is 14.1. The fourth-order valence-corrected chi connectivity index (χ4v) is 2.41. The summed E-state index contributed by atoms with van der Waals surface area (Å²) in [5.74, 6) is 1.09. The zero-order chi connectivity index (χ0) is 15.4. The van der Waals surface area contributed by atoms with Crippen molar-refractivity contribution in [2.24, 2.45) is 0 Å². The van der Waals surface area contributed by atoms with Crippen molar-refractivity contribution in [1.82, 2.24) is 9.97 Å². The summed E-state index contributed by atoms with van der Waals surface area (Å²) in [4.78, 5) is 10.7. The number of hydrogen-bond donors (Lipinski definition) is 0. The summed E-state index contributed by atoms with van der Waals surface area (Å²) < 4.78 is 14.1. The topological polar surface area (TPSA) is 29.0 Å². The van der Waals surface area contributed by atoms with Crippen LogP contribution in [0.2, 0.25) is 5.15 Å². The van der Waals surface area contributed by atoms with Crippen LogP contribution in [0.25, 0.3) is 0 Å². The molecule has 0 amide bonds. The number of anilines is 2. The lowest BCUT2D eigenvalue weighted by Gasteiger charge is -2.25. The van der Waals surface area contributed by atoms with Gasteiger partial charge in [0.2, 0.25) is 0 Å². The first-order chi connectivity index (χ1) is 10.1. The standard InChI is InChI=1S/C16H19ClFN3/c1-4-8-14-19-15(17)11(3)16(20-14)21(5-2)13-10-7-6-9-12(13)18/h6-7,9-10H,4-5,8H2,1-3H3. The summed E-state index contributed by atoms with van der Waals surface area (Å²) >= 11 is 6.21. The predicted octanol–water partition coefficient (Wildman–Crippen LogP) is 4.69. The molecule has 3 nitrogen and oxygen atoms in total. The van der Waals surface area contributed by atoms with Gasteiger partial charge in [0.15, 0.2) is 0 Å². The van der Waals surface area contributed by atoms with Crippen molar-refractivity contribution < 1.29 is 4.39 Å². The van der Waals surface area contributed by atoms with E-state index in [1.165, 1.54) is 6.07 Å². The van der Waals surface area contributed by atoms with E-state index in [4.69, 9.17) is 11.6 Å². The normalized spacial score (nSPS) is 10.7. The van der Waals surface area contributed by atoms with Crippen molar-refractivity contribution in [2.75, 3.05) is 11.4 Å². The Hall–Kier alpha value is -1.68. The third-order valence-corrected chi connectivity index (χ3v) is 3.66. The SMILES string of the molecule is CCCc1nc(Cl)c(C)c(N(CC)c2ccccc2F)n1. The first-order valence-corrected chi connectivity index (χ1v) is 7.51. The molecule has 0 N–H and O–H groups in total. The average Bonchev–Trinajstić information content (AvgIpc) is 2.47. The summed E-state index contributed by atoms with van der Waals surface area (Å²) in [6.07, 6.45) is 1.69. The van der Waals surface area contributed by atoms with Gasteiger partial charge in [-0.3, -0.25) is 0 Å². The van der Waals surface area contributed by atoms with E-state index in [1.807, 2.05) is 24.8 Å². The number of nitrogens with zero attached hydrogens (tertiary/aromatic N) is 3. The Kier molecular flexibility index (Phi) is 5.12. The molecule has 1 aromatic heterocycles. The number of aromatic nitrogens is 2. The minimum absolute atomic E-state index is 0.273. The Morgan fingerprint density at radius 3 is 2.52 bits per heavy atom. The summed E-state index contributed by atoms with van der Waals surface area (Å²) in [7, 11) is 0. The van der Waals surface area contributed by atoms with Gasteiger partial charge < -0.3 is 4.90 Å². The Morgan fingerprint density at radius 1 is 1.19 bits per heavy atom. The van der Waals surface area contributed by atoms with Crippen LogP contribution in [0.5, 0.6) is 0 Å². The third kappa shape index (κ3) is 3.32. The summed E-state index contributed by atoms with van der Waals surface area (Å²) in [5.41, 5.74) is 1.27. The van der Waals surface area contributed by atoms with Crippen LogP contribution in [-0.4, -0.2) is 16.5 Å². The molecule has 5 heteroatoms. The van der Waals surface area contributed by atoms with E-state index in [0.717, 1.165) is 18.4 Å². The third-order valence-electron chi connectivity index (χ3n) is 3.30. The highest BCUT2D eigenvalue weighted by atomic mass is 35.5. The molecule has 0 aliphatic carbocycles. The Morgan fingerprint density at radius 2 is 1.90 bits per heavy atom. The second kappa shape index (κ2) is 6.85. The Labute approximate surface area is 129 Å². The van der Waals surface area contributed by atoms with Crippen LogP contribution in [0.1, 0.15) is 31.7 Å². The molecule has 0 atom stereocenters. The molecule has 0 aliphatic heterocycles. The molecule has 0 aliphatic rings. The van der Waals surface area contributed by atoms with Crippen LogP contribution in [-0.2, 0) is 6.42 Å². The molecule has 0 radical (unpaired) electrons. The molecule has 2 rings (SSSR count). The van der Waals surface area contributed by atoms with Crippen LogP contribution in [0.3, 0.4) is 0 Å². The molecule has 2 aromatic rings. The summed E-state index contributed by atoms with van der Waals surface area (Å²) in [5, 5.41) is 0.429. The Bertz CT molecular complexity index is 631. The van der Waals surface area contributed by atoms with Gasteiger partial charge in [0.25, 0.3) is 0 Å². The molecule has 1 heterocycles. The second-order valence-electron chi connectivity index (χ2n) is 4.82. The predicted molar refractivity (Wildman–Crippen MR) is 84.9 cm³/mol. The largest absolute Gasteiger partial charge is 0.324 e. The highest BCUT2D eigenvalue weighted by Gasteiger charge is 2.18. The van der Waals surface area contributed by atoms with Crippen LogP contribution in [0.15, 0.2) is 24.3 Å². The first kappa shape index (κ1) is 15.7. The number of benzene rings is 1. The molecule has 0 fully saturated rings. The molecule has 1 aromatic carbocycles. The van der Waals surface area contributed by atoms with Gasteiger partial charge in [0.05, 0.1) is 5.69 Å². The van der Waals surface area contributed by atoms with E-state index >= 15 is 0 Å². The number of aryl methyl sites for hydroxylation is 1. The zero-order valence-corrected chi connectivity index (χ0v) is 13.3. The molecule has 21 heavy (non-hydrogen) atoms. The monoisotopic (exact) mass is 307 g/mol. The van der Waals surface area contributed by atoms with Crippen molar-refractivity contribution in [2.45, 2.75) is 33.6 Å². The summed E-state index contributed by atoms with van der Waals surface area (Å²) in [6.45, 7) is 6.48. The van der Waals surface area contributed by atoms with E-state index in [9.17, 15) is 4.39 Å². The molecular weight excluding hydrogens is 289 g/mol. The van der Waals surface area contributed by atoms with E-state index in [1.54, 1.807) is 12.1 Å². The van der Waals surface area contributed by atoms with Crippen molar-refractivity contribution in [3.63, 3.8) is 0 Å². The number of halogens is 2. The second-order valence-corrected chi connectivity index (χ2v) is 5.18. The molecule has 0 spiro atoms. The Balaban J connectivity index is 2.54. The van der Waals surface area contributed by atoms with E-state index < -0.39 is 0 Å². The van der Waals surface area contributed by atoms with Gasteiger partial charge in [-0.2, -0.15) is 0 Å². The van der Waals surface area contributed by atoms with Gasteiger partial charge in [0, 0.05) is 18.5 Å². The summed E-state index contributed by atoms with van der Waals surface area (Å²) in [6, 6.07) is 6.68. The van der Waals surface area contributed by atoms with Gasteiger partial charge in [0.1, 0.15) is 22.6 Å². The lowest BCUT2D eigenvalue weighted by molar-refractivity contribution is 0.625. The van der Waals surface area contributed by atoms with Crippen LogP contribution < -0.4 is 4.90 Å². The van der Waals surface area contributed by atoms with Crippen LogP contribution >= 0.6 is 11.6 Å². The van der Waals surface area contributed by atoms with Gasteiger partial charge in [-0.25, -0.2) is 14.4 Å². The van der Waals surface area contributed by atoms with E-state index in [-0.39, 0.29) is 5.82 Å². The van der Waals surface area contributed by atoms with Gasteiger partial charge >= 0.3 is 0 Å². The van der Waals surface area contributed by atoms with Gasteiger partial charge in [-0.05, 0) is 32.4 Å². The van der Waals surface area contributed by atoms with E-state index in [2.05, 4.69) is 16.9 Å². The smallest absolute Gasteiger partial charge is 0.146 e. The minimum Gasteiger partial charge on any atom is -0.324 e. The molecular formula is C16H19ClFN3. The van der Waals surface area contributed by atoms with Gasteiger partial charge in [-0.1, -0.05) is 30.7 Å². The van der Waals surface area contributed by atoms with Crippen molar-refractivity contribution in [1.29, 1.82) is 0 Å². The average molecular weight is 308 g/mol. The lowest BCUT2D eigenvalue weighted by Crippen LogP contribution is -2.21. The molecule has 0 bridgehead atoms. The fourth-order valence-electron chi connectivity index (χ4n) is 2.22. The van der Waals surface area contributed by atoms with Gasteiger partial charge in [-0.15, -0.1) is 0 Å². The van der Waals surface area contributed by atoms with Crippen molar-refractivity contribution >= 4 is 23.1 Å². The number of para-hydroxylation sites is 1. The molecule has 0 unspecified atom stereocenters. The van der Waals surface area contributed by atoms with Crippen molar-refractivity contribution in [3.8, 4) is 0 Å². The zero-order valence-electron chi connectivity index (χ0n) is 12.5. The number of rotatable bonds is 5. The highest BCUT2D eigenvalue weighted by Crippen LogP contribution is 2.31. The minimum atomic E-state index is -0.273.